The second-order valence-electron chi connectivity index (χ2n) is 3.23. The number of nitrogens with one attached hydrogen (secondary N) is 1. The Bertz CT molecular complexity index is 542. The lowest BCUT2D eigenvalue weighted by molar-refractivity contribution is 1.18. The molecule has 2 aromatic heterocycles. The summed E-state index contributed by atoms with van der Waals surface area (Å²) in [7, 11) is 0. The maximum atomic E-state index is 4.24. The van der Waals surface area contributed by atoms with E-state index in [2.05, 4.69) is 25.9 Å². The summed E-state index contributed by atoms with van der Waals surface area (Å²) in [5.41, 5.74) is 5.07. The Morgan fingerprint density at radius 3 is 3.12 bits per heavy atom. The van der Waals surface area contributed by atoms with Crippen LogP contribution in [0, 0.1) is 6.92 Å². The van der Waals surface area contributed by atoms with E-state index in [4.69, 9.17) is 0 Å². The first-order valence-corrected chi connectivity index (χ1v) is 5.80. The molecule has 1 N–H and O–H groups in total. The highest BCUT2D eigenvalue weighted by atomic mass is 32.1. The number of hydrogen-bond acceptors (Lipinski definition) is 5. The van der Waals surface area contributed by atoms with Crippen molar-refractivity contribution < 1.29 is 0 Å². The van der Waals surface area contributed by atoms with Gasteiger partial charge in [0, 0.05) is 6.21 Å². The van der Waals surface area contributed by atoms with Crippen LogP contribution in [0.15, 0.2) is 29.0 Å². The molecule has 0 aliphatic heterocycles. The third-order valence-electron chi connectivity index (χ3n) is 2.05. The molecule has 0 radical (unpaired) electrons. The second-order valence-corrected chi connectivity index (χ2v) is 4.11. The summed E-state index contributed by atoms with van der Waals surface area (Å²) in [6.07, 6.45) is 7.01. The van der Waals surface area contributed by atoms with E-state index in [9.17, 15) is 0 Å². The van der Waals surface area contributed by atoms with E-state index < -0.39 is 0 Å². The Morgan fingerprint density at radius 2 is 2.31 bits per heavy atom. The SMILES string of the molecule is C/C=C/C=N/Nc1ncnc2c(C)csc12. The minimum atomic E-state index is 0.754. The number of thiophene rings is 1. The summed E-state index contributed by atoms with van der Waals surface area (Å²) < 4.78 is 1.04. The maximum Gasteiger partial charge on any atom is 0.167 e. The molecule has 5 heteroatoms. The van der Waals surface area contributed by atoms with Gasteiger partial charge in [-0.1, -0.05) is 6.08 Å². The third-order valence-corrected chi connectivity index (χ3v) is 3.15. The van der Waals surface area contributed by atoms with E-state index in [1.807, 2.05) is 26.0 Å². The number of rotatable bonds is 3. The molecule has 82 valence electrons. The van der Waals surface area contributed by atoms with Gasteiger partial charge in [0.05, 0.1) is 10.2 Å². The van der Waals surface area contributed by atoms with Crippen molar-refractivity contribution in [3.63, 3.8) is 0 Å². The topological polar surface area (TPSA) is 50.2 Å². The molecule has 4 nitrogen and oxygen atoms in total. The molecular formula is C11H12N4S. The van der Waals surface area contributed by atoms with Gasteiger partial charge in [0.15, 0.2) is 5.82 Å². The average molecular weight is 232 g/mol. The summed E-state index contributed by atoms with van der Waals surface area (Å²) in [6.45, 7) is 3.98. The highest BCUT2D eigenvalue weighted by Gasteiger charge is 2.06. The van der Waals surface area contributed by atoms with Crippen molar-refractivity contribution in [2.24, 2.45) is 5.10 Å². The number of fused-ring (bicyclic) bond motifs is 1. The lowest BCUT2D eigenvalue weighted by Crippen LogP contribution is -1.93. The quantitative estimate of drug-likeness (QED) is 0.653. The van der Waals surface area contributed by atoms with Crippen LogP contribution in [0.3, 0.4) is 0 Å². The second kappa shape index (κ2) is 4.85. The number of nitrogens with zero attached hydrogens (tertiary/aromatic N) is 3. The summed E-state index contributed by atoms with van der Waals surface area (Å²) in [6, 6.07) is 0. The zero-order valence-electron chi connectivity index (χ0n) is 9.14. The zero-order chi connectivity index (χ0) is 11.4. The number of hydrazone groups is 1. The largest absolute Gasteiger partial charge is 0.260 e. The molecule has 2 rings (SSSR count). The molecule has 0 atom stereocenters. The van der Waals surface area contributed by atoms with Crippen molar-refractivity contribution in [2.45, 2.75) is 13.8 Å². The summed E-state index contributed by atoms with van der Waals surface area (Å²) in [4.78, 5) is 8.41. The Hall–Kier alpha value is -1.75. The van der Waals surface area contributed by atoms with Crippen molar-refractivity contribution >= 4 is 33.6 Å². The van der Waals surface area contributed by atoms with Crippen LogP contribution in [-0.2, 0) is 0 Å². The van der Waals surface area contributed by atoms with Crippen LogP contribution in [0.2, 0.25) is 0 Å². The number of aromatic nitrogens is 2. The predicted octanol–water partition coefficient (Wildman–Crippen LogP) is 2.97. The van der Waals surface area contributed by atoms with Crippen molar-refractivity contribution in [1.82, 2.24) is 9.97 Å². The molecule has 0 aliphatic carbocycles. The van der Waals surface area contributed by atoms with Gasteiger partial charge in [-0.2, -0.15) is 5.10 Å². The molecule has 0 amide bonds. The van der Waals surface area contributed by atoms with Crippen molar-refractivity contribution in [3.8, 4) is 0 Å². The van der Waals surface area contributed by atoms with E-state index in [1.54, 1.807) is 23.9 Å². The standard InChI is InChI=1S/C11H12N4S/c1-3-4-5-14-15-11-10-9(12-7-13-11)8(2)6-16-10/h3-7H,1-2H3,(H,12,13,15)/b4-3+,14-5+. The van der Waals surface area contributed by atoms with Crippen LogP contribution >= 0.6 is 11.3 Å². The first kappa shape index (κ1) is 10.8. The fourth-order valence-corrected chi connectivity index (χ4v) is 2.22. The van der Waals surface area contributed by atoms with Crippen LogP contribution in [0.1, 0.15) is 12.5 Å². The Kier molecular flexibility index (Phi) is 3.26. The highest BCUT2D eigenvalue weighted by molar-refractivity contribution is 7.17. The van der Waals surface area contributed by atoms with Gasteiger partial charge in [-0.25, -0.2) is 9.97 Å². The van der Waals surface area contributed by atoms with Gasteiger partial charge < -0.3 is 0 Å². The van der Waals surface area contributed by atoms with E-state index >= 15 is 0 Å². The van der Waals surface area contributed by atoms with Crippen LogP contribution in [0.25, 0.3) is 10.2 Å². The third kappa shape index (κ3) is 2.09. The maximum absolute atomic E-state index is 4.24. The molecule has 0 saturated heterocycles. The molecule has 2 heterocycles. The normalized spacial score (nSPS) is 11.9. The first-order chi connectivity index (χ1) is 7.83. The van der Waals surface area contributed by atoms with Gasteiger partial charge in [-0.3, -0.25) is 5.43 Å². The van der Waals surface area contributed by atoms with E-state index in [-0.39, 0.29) is 0 Å². The van der Waals surface area contributed by atoms with Gasteiger partial charge in [0.1, 0.15) is 6.33 Å². The molecule has 0 bridgehead atoms. The van der Waals surface area contributed by atoms with Gasteiger partial charge in [0.25, 0.3) is 0 Å². The molecule has 0 saturated carbocycles. The van der Waals surface area contributed by atoms with Gasteiger partial charge in [-0.15, -0.1) is 11.3 Å². The zero-order valence-corrected chi connectivity index (χ0v) is 9.95. The van der Waals surface area contributed by atoms with Gasteiger partial charge >= 0.3 is 0 Å². The number of anilines is 1. The van der Waals surface area contributed by atoms with E-state index in [1.165, 1.54) is 5.56 Å². The van der Waals surface area contributed by atoms with Crippen molar-refractivity contribution in [3.05, 3.63) is 29.4 Å². The fraction of sp³-hybridized carbons (Fsp3) is 0.182. The molecule has 2 aromatic rings. The average Bonchev–Trinajstić information content (AvgIpc) is 2.68. The van der Waals surface area contributed by atoms with Crippen LogP contribution in [0.5, 0.6) is 0 Å². The molecule has 0 unspecified atom stereocenters. The Balaban J connectivity index is 2.30. The molecule has 0 aliphatic rings. The minimum absolute atomic E-state index is 0.754. The van der Waals surface area contributed by atoms with Gasteiger partial charge in [0.2, 0.25) is 0 Å². The van der Waals surface area contributed by atoms with Crippen molar-refractivity contribution in [2.75, 3.05) is 5.43 Å². The van der Waals surface area contributed by atoms with Crippen LogP contribution in [0.4, 0.5) is 5.82 Å². The highest BCUT2D eigenvalue weighted by Crippen LogP contribution is 2.28. The first-order valence-electron chi connectivity index (χ1n) is 4.92. The van der Waals surface area contributed by atoms with E-state index in [0.717, 1.165) is 16.0 Å². The fourth-order valence-electron chi connectivity index (χ4n) is 1.28. The molecule has 16 heavy (non-hydrogen) atoms. The van der Waals surface area contributed by atoms with E-state index in [0.29, 0.717) is 0 Å². The Morgan fingerprint density at radius 1 is 1.44 bits per heavy atom. The summed E-state index contributed by atoms with van der Waals surface area (Å²) in [5.74, 6) is 0.754. The van der Waals surface area contributed by atoms with Gasteiger partial charge in [-0.05, 0) is 30.9 Å². The number of hydrogen-bond donors (Lipinski definition) is 1. The van der Waals surface area contributed by atoms with Crippen LogP contribution < -0.4 is 5.43 Å². The Labute approximate surface area is 97.7 Å². The molecule has 0 aromatic carbocycles. The predicted molar refractivity (Wildman–Crippen MR) is 69.1 cm³/mol. The summed E-state index contributed by atoms with van der Waals surface area (Å²) >= 11 is 1.62. The minimum Gasteiger partial charge on any atom is -0.260 e. The summed E-state index contributed by atoms with van der Waals surface area (Å²) in [5, 5.41) is 6.11. The van der Waals surface area contributed by atoms with Crippen LogP contribution in [-0.4, -0.2) is 16.2 Å². The lowest BCUT2D eigenvalue weighted by Gasteiger charge is -1.99. The van der Waals surface area contributed by atoms with Crippen molar-refractivity contribution in [1.29, 1.82) is 0 Å². The smallest absolute Gasteiger partial charge is 0.167 e. The molecule has 0 fully saturated rings. The number of allylic oxidation sites excluding steroid dienone is 2. The molecule has 0 spiro atoms. The number of aryl methyl sites for hydroxylation is 1. The lowest BCUT2D eigenvalue weighted by atomic mass is 10.3. The monoisotopic (exact) mass is 232 g/mol. The molecular weight excluding hydrogens is 220 g/mol.